The Kier molecular flexibility index (Phi) is 5.36. The topological polar surface area (TPSA) is 95.9 Å². The number of hydroxylamine groups is 2. The molecule has 1 heterocycles. The molecule has 0 fully saturated rings. The first-order valence-corrected chi connectivity index (χ1v) is 9.44. The fourth-order valence-corrected chi connectivity index (χ4v) is 3.64. The average Bonchev–Trinajstić information content (AvgIpc) is 2.78. The van der Waals surface area contributed by atoms with Gasteiger partial charge in [-0.2, -0.15) is 4.72 Å². The number of nitrogens with zero attached hydrogens (tertiary/aromatic N) is 1. The summed E-state index contributed by atoms with van der Waals surface area (Å²) in [5, 5.41) is 10.0. The van der Waals surface area contributed by atoms with E-state index < -0.39 is 22.0 Å². The molecule has 136 valence electrons. The van der Waals surface area contributed by atoms with E-state index >= 15 is 0 Å². The summed E-state index contributed by atoms with van der Waals surface area (Å²) in [6.07, 6.45) is 3.42. The number of nitrogens with one attached hydrogen (secondary N) is 1. The van der Waals surface area contributed by atoms with E-state index in [9.17, 15) is 18.4 Å². The molecule has 2 N–H and O–H groups in total. The van der Waals surface area contributed by atoms with E-state index in [4.69, 9.17) is 4.74 Å². The van der Waals surface area contributed by atoms with Crippen LogP contribution in [0.3, 0.4) is 0 Å². The molecule has 1 amide bonds. The lowest BCUT2D eigenvalue weighted by atomic mass is 10.2. The third-order valence-electron chi connectivity index (χ3n) is 3.78. The van der Waals surface area contributed by atoms with Gasteiger partial charge in [-0.3, -0.25) is 10.0 Å². The van der Waals surface area contributed by atoms with E-state index in [1.165, 1.54) is 24.3 Å². The minimum atomic E-state index is -3.92. The zero-order chi connectivity index (χ0) is 18.6. The fraction of sp³-hybridized carbons (Fsp3) is 0.167. The predicted octanol–water partition coefficient (Wildman–Crippen LogP) is 2.30. The summed E-state index contributed by atoms with van der Waals surface area (Å²) in [5.41, 5.74) is 0. The number of hydrogen-bond acceptors (Lipinski definition) is 5. The molecule has 3 rings (SSSR count). The lowest BCUT2D eigenvalue weighted by molar-refractivity contribution is -0.164. The number of para-hydroxylation sites is 1. The highest BCUT2D eigenvalue weighted by molar-refractivity contribution is 7.89. The van der Waals surface area contributed by atoms with Gasteiger partial charge in [-0.15, -0.1) is 0 Å². The lowest BCUT2D eigenvalue weighted by Gasteiger charge is -2.19. The summed E-state index contributed by atoms with van der Waals surface area (Å²) in [5.74, 6) is 0.438. The van der Waals surface area contributed by atoms with E-state index in [1.54, 1.807) is 24.3 Å². The first-order chi connectivity index (χ1) is 12.5. The van der Waals surface area contributed by atoms with Crippen molar-refractivity contribution in [2.45, 2.75) is 17.4 Å². The maximum atomic E-state index is 12.5. The Hall–Kier alpha value is -2.68. The molecule has 7 nitrogen and oxygen atoms in total. The van der Waals surface area contributed by atoms with E-state index in [-0.39, 0.29) is 17.9 Å². The molecule has 0 radical (unpaired) electrons. The first-order valence-electron chi connectivity index (χ1n) is 7.96. The largest absolute Gasteiger partial charge is 0.457 e. The van der Waals surface area contributed by atoms with E-state index in [0.717, 1.165) is 0 Å². The second-order valence-electron chi connectivity index (χ2n) is 5.69. The molecule has 0 unspecified atom stereocenters. The van der Waals surface area contributed by atoms with E-state index in [0.29, 0.717) is 16.6 Å². The van der Waals surface area contributed by atoms with Gasteiger partial charge in [0.15, 0.2) is 0 Å². The van der Waals surface area contributed by atoms with Crippen LogP contribution in [0.4, 0.5) is 0 Å². The van der Waals surface area contributed by atoms with E-state index in [1.807, 2.05) is 18.2 Å². The van der Waals surface area contributed by atoms with Crippen LogP contribution >= 0.6 is 0 Å². The van der Waals surface area contributed by atoms with Crippen LogP contribution in [0.15, 0.2) is 71.6 Å². The number of amides is 1. The van der Waals surface area contributed by atoms with E-state index in [2.05, 4.69) is 4.72 Å². The van der Waals surface area contributed by atoms with Gasteiger partial charge in [0.25, 0.3) is 5.91 Å². The van der Waals surface area contributed by atoms with Crippen molar-refractivity contribution in [2.24, 2.45) is 0 Å². The summed E-state index contributed by atoms with van der Waals surface area (Å²) in [4.78, 5) is 12.0. The number of rotatable bonds is 5. The van der Waals surface area contributed by atoms with Gasteiger partial charge in [0.1, 0.15) is 17.5 Å². The van der Waals surface area contributed by atoms with Crippen molar-refractivity contribution in [3.05, 3.63) is 66.7 Å². The van der Waals surface area contributed by atoms with Gasteiger partial charge in [-0.25, -0.2) is 13.5 Å². The first kappa shape index (κ1) is 18.1. The van der Waals surface area contributed by atoms with Crippen LogP contribution < -0.4 is 9.46 Å². The molecule has 0 aromatic heterocycles. The zero-order valence-electron chi connectivity index (χ0n) is 13.8. The van der Waals surface area contributed by atoms with Gasteiger partial charge in [0.2, 0.25) is 10.0 Å². The Bertz CT molecular complexity index is 895. The van der Waals surface area contributed by atoms with Gasteiger partial charge in [-0.05, 0) is 42.8 Å². The number of hydrogen-bond donors (Lipinski definition) is 2. The van der Waals surface area contributed by atoms with Crippen LogP contribution in [-0.4, -0.2) is 37.2 Å². The number of ether oxygens (including phenoxy) is 1. The average molecular weight is 374 g/mol. The maximum Gasteiger partial charge on any atom is 0.264 e. The number of carbonyl (C=O) groups is 1. The standard InChI is InChI=1S/C18H18N2O5S/c21-18-17(8-4-5-13-20(18)22)19-26(23,24)16-11-9-15(10-12-16)25-14-6-2-1-3-7-14/h1-7,9-12,17,19,22H,8,13H2/t17-/m1/s1. The molecule has 0 saturated heterocycles. The molecule has 0 saturated carbocycles. The smallest absolute Gasteiger partial charge is 0.264 e. The third kappa shape index (κ3) is 4.29. The highest BCUT2D eigenvalue weighted by Gasteiger charge is 2.29. The van der Waals surface area contributed by atoms with Crippen molar-refractivity contribution in [2.75, 3.05) is 6.54 Å². The Balaban J connectivity index is 1.73. The zero-order valence-corrected chi connectivity index (χ0v) is 14.6. The summed E-state index contributed by atoms with van der Waals surface area (Å²) in [6.45, 7) is 0.0303. The number of carbonyl (C=O) groups excluding carboxylic acids is 1. The minimum Gasteiger partial charge on any atom is -0.457 e. The molecule has 2 aromatic carbocycles. The molecule has 0 bridgehead atoms. The highest BCUT2D eigenvalue weighted by atomic mass is 32.2. The molecule has 2 aromatic rings. The molecule has 1 atom stereocenters. The van der Waals surface area contributed by atoms with Crippen LogP contribution in [0.2, 0.25) is 0 Å². The Morgan fingerprint density at radius 3 is 2.35 bits per heavy atom. The van der Waals surface area contributed by atoms with Crippen molar-refractivity contribution in [3.63, 3.8) is 0 Å². The second-order valence-corrected chi connectivity index (χ2v) is 7.40. The van der Waals surface area contributed by atoms with Crippen molar-refractivity contribution < 1.29 is 23.2 Å². The van der Waals surface area contributed by atoms with Crippen LogP contribution in [0.1, 0.15) is 6.42 Å². The quantitative estimate of drug-likeness (QED) is 0.618. The van der Waals surface area contributed by atoms with Crippen LogP contribution in [-0.2, 0) is 14.8 Å². The molecule has 8 heteroatoms. The normalized spacial score (nSPS) is 17.8. The SMILES string of the molecule is O=C1[C@H](NS(=O)(=O)c2ccc(Oc3ccccc3)cc2)CC=CCN1O. The lowest BCUT2D eigenvalue weighted by Crippen LogP contribution is -2.46. The summed E-state index contributed by atoms with van der Waals surface area (Å²) < 4.78 is 33.0. The Morgan fingerprint density at radius 1 is 1.00 bits per heavy atom. The molecule has 1 aliphatic rings. The highest BCUT2D eigenvalue weighted by Crippen LogP contribution is 2.23. The van der Waals surface area contributed by atoms with Gasteiger partial charge < -0.3 is 4.74 Å². The van der Waals surface area contributed by atoms with Crippen molar-refractivity contribution >= 4 is 15.9 Å². The second kappa shape index (κ2) is 7.69. The van der Waals surface area contributed by atoms with Crippen LogP contribution in [0.5, 0.6) is 11.5 Å². The Morgan fingerprint density at radius 2 is 1.65 bits per heavy atom. The minimum absolute atomic E-state index is 0.00317. The van der Waals surface area contributed by atoms with Gasteiger partial charge in [0, 0.05) is 0 Å². The molecule has 0 aliphatic carbocycles. The fourth-order valence-electron chi connectivity index (χ4n) is 2.44. The maximum absolute atomic E-state index is 12.5. The summed E-state index contributed by atoms with van der Waals surface area (Å²) >= 11 is 0. The molecule has 26 heavy (non-hydrogen) atoms. The molecular weight excluding hydrogens is 356 g/mol. The monoisotopic (exact) mass is 374 g/mol. The van der Waals surface area contributed by atoms with Crippen molar-refractivity contribution in [3.8, 4) is 11.5 Å². The molecule has 0 spiro atoms. The Labute approximate surface area is 151 Å². The van der Waals surface area contributed by atoms with Crippen LogP contribution in [0, 0.1) is 0 Å². The van der Waals surface area contributed by atoms with Crippen molar-refractivity contribution in [1.82, 2.24) is 9.79 Å². The third-order valence-corrected chi connectivity index (χ3v) is 5.27. The van der Waals surface area contributed by atoms with Gasteiger partial charge in [-0.1, -0.05) is 30.4 Å². The van der Waals surface area contributed by atoms with Crippen molar-refractivity contribution in [1.29, 1.82) is 0 Å². The molecule has 1 aliphatic heterocycles. The van der Waals surface area contributed by atoms with Gasteiger partial charge in [0.05, 0.1) is 11.4 Å². The number of sulfonamides is 1. The van der Waals surface area contributed by atoms with Gasteiger partial charge >= 0.3 is 0 Å². The molecular formula is C18H18N2O5S. The summed E-state index contributed by atoms with van der Waals surface area (Å²) in [7, 11) is -3.92. The summed E-state index contributed by atoms with van der Waals surface area (Å²) in [6, 6.07) is 13.9. The number of benzene rings is 2. The predicted molar refractivity (Wildman–Crippen MR) is 94.3 cm³/mol. The van der Waals surface area contributed by atoms with Crippen LogP contribution in [0.25, 0.3) is 0 Å².